The Morgan fingerprint density at radius 3 is 2.88 bits per heavy atom. The molecular formula is C12H19ClN4. The molecule has 5 heteroatoms. The van der Waals surface area contributed by atoms with E-state index in [-0.39, 0.29) is 0 Å². The van der Waals surface area contributed by atoms with Crippen LogP contribution in [0.15, 0.2) is 12.1 Å². The first-order chi connectivity index (χ1) is 8.20. The van der Waals surface area contributed by atoms with Crippen molar-refractivity contribution in [3.8, 4) is 0 Å². The van der Waals surface area contributed by atoms with Crippen molar-refractivity contribution in [1.29, 1.82) is 0 Å². The third-order valence-electron chi connectivity index (χ3n) is 3.35. The average Bonchev–Trinajstić information content (AvgIpc) is 2.38. The van der Waals surface area contributed by atoms with Crippen LogP contribution in [0, 0.1) is 0 Å². The molecule has 0 bridgehead atoms. The van der Waals surface area contributed by atoms with E-state index in [2.05, 4.69) is 34.1 Å². The molecule has 0 radical (unpaired) electrons. The molecule has 0 aromatic carbocycles. The summed E-state index contributed by atoms with van der Waals surface area (Å²) in [6.07, 6.45) is 2.47. The molecule has 1 saturated heterocycles. The Morgan fingerprint density at radius 1 is 1.47 bits per heavy atom. The number of aromatic nitrogens is 2. The number of hydrogen-bond acceptors (Lipinski definition) is 4. The van der Waals surface area contributed by atoms with E-state index in [1.807, 2.05) is 12.1 Å². The highest BCUT2D eigenvalue weighted by molar-refractivity contribution is 6.16. The minimum atomic E-state index is 0.420. The second-order valence-electron chi connectivity index (χ2n) is 4.69. The zero-order chi connectivity index (χ0) is 12.3. The van der Waals surface area contributed by atoms with Crippen LogP contribution in [-0.4, -0.2) is 48.3 Å². The van der Waals surface area contributed by atoms with Gasteiger partial charge in [-0.2, -0.15) is 5.10 Å². The van der Waals surface area contributed by atoms with E-state index < -0.39 is 0 Å². The first-order valence-corrected chi connectivity index (χ1v) is 6.54. The average molecular weight is 255 g/mol. The molecule has 1 atom stereocenters. The molecule has 0 N–H and O–H groups in total. The molecule has 0 amide bonds. The Hall–Kier alpha value is -0.870. The monoisotopic (exact) mass is 254 g/mol. The number of halogens is 1. The molecule has 1 aromatic heterocycles. The number of rotatable bonds is 3. The maximum absolute atomic E-state index is 5.70. The minimum absolute atomic E-state index is 0.420. The van der Waals surface area contributed by atoms with Gasteiger partial charge in [-0.15, -0.1) is 16.7 Å². The second kappa shape index (κ2) is 5.65. The van der Waals surface area contributed by atoms with Crippen molar-refractivity contribution in [2.24, 2.45) is 0 Å². The predicted molar refractivity (Wildman–Crippen MR) is 70.5 cm³/mol. The predicted octanol–water partition coefficient (Wildman–Crippen LogP) is 1.75. The lowest BCUT2D eigenvalue weighted by molar-refractivity contribution is 0.247. The number of hydrogen-bond donors (Lipinski definition) is 0. The Bertz CT molecular complexity index is 354. The fourth-order valence-corrected chi connectivity index (χ4v) is 2.40. The van der Waals surface area contributed by atoms with E-state index in [9.17, 15) is 0 Å². The van der Waals surface area contributed by atoms with Crippen molar-refractivity contribution >= 4 is 17.4 Å². The van der Waals surface area contributed by atoms with Gasteiger partial charge in [0.15, 0.2) is 5.82 Å². The third kappa shape index (κ3) is 3.07. The molecule has 2 heterocycles. The van der Waals surface area contributed by atoms with Gasteiger partial charge in [0, 0.05) is 19.6 Å². The van der Waals surface area contributed by atoms with Crippen molar-refractivity contribution < 1.29 is 0 Å². The van der Waals surface area contributed by atoms with Crippen LogP contribution in [0.5, 0.6) is 0 Å². The van der Waals surface area contributed by atoms with Gasteiger partial charge in [0.1, 0.15) is 0 Å². The first-order valence-electron chi connectivity index (χ1n) is 6.00. The number of nitrogens with zero attached hydrogens (tertiary/aromatic N) is 4. The van der Waals surface area contributed by atoms with Gasteiger partial charge in [0.25, 0.3) is 0 Å². The molecule has 1 aromatic rings. The summed E-state index contributed by atoms with van der Waals surface area (Å²) in [6.45, 7) is 2.29. The molecular weight excluding hydrogens is 236 g/mol. The van der Waals surface area contributed by atoms with Gasteiger partial charge in [-0.05, 0) is 38.6 Å². The van der Waals surface area contributed by atoms with Crippen molar-refractivity contribution in [2.75, 3.05) is 32.1 Å². The van der Waals surface area contributed by atoms with E-state index in [0.29, 0.717) is 11.9 Å². The van der Waals surface area contributed by atoms with Crippen LogP contribution < -0.4 is 4.90 Å². The Morgan fingerprint density at radius 2 is 2.29 bits per heavy atom. The van der Waals surface area contributed by atoms with Crippen LogP contribution in [0.1, 0.15) is 18.5 Å². The van der Waals surface area contributed by atoms with Crippen LogP contribution in [-0.2, 0) is 5.88 Å². The zero-order valence-electron chi connectivity index (χ0n) is 10.4. The van der Waals surface area contributed by atoms with Gasteiger partial charge in [-0.25, -0.2) is 0 Å². The number of piperidine rings is 1. The minimum Gasteiger partial charge on any atom is -0.354 e. The summed E-state index contributed by atoms with van der Waals surface area (Å²) >= 11 is 5.70. The number of likely N-dealkylation sites (N-methyl/N-ethyl adjacent to an activating group) is 2. The molecule has 17 heavy (non-hydrogen) atoms. The van der Waals surface area contributed by atoms with Crippen LogP contribution in [0.4, 0.5) is 5.82 Å². The summed E-state index contributed by atoms with van der Waals surface area (Å²) in [5.41, 5.74) is 0.824. The quantitative estimate of drug-likeness (QED) is 0.770. The van der Waals surface area contributed by atoms with Crippen LogP contribution in [0.3, 0.4) is 0 Å². The van der Waals surface area contributed by atoms with Gasteiger partial charge in [0.05, 0.1) is 11.6 Å². The van der Waals surface area contributed by atoms with Gasteiger partial charge in [-0.1, -0.05) is 0 Å². The van der Waals surface area contributed by atoms with E-state index in [1.54, 1.807) is 0 Å². The molecule has 1 fully saturated rings. The molecule has 0 aliphatic carbocycles. The highest BCUT2D eigenvalue weighted by Crippen LogP contribution is 2.18. The fraction of sp³-hybridized carbons (Fsp3) is 0.667. The maximum atomic E-state index is 5.70. The van der Waals surface area contributed by atoms with Crippen molar-refractivity contribution in [3.63, 3.8) is 0 Å². The van der Waals surface area contributed by atoms with Crippen molar-refractivity contribution in [3.05, 3.63) is 17.8 Å². The summed E-state index contributed by atoms with van der Waals surface area (Å²) in [4.78, 5) is 4.59. The molecule has 2 rings (SSSR count). The maximum Gasteiger partial charge on any atom is 0.151 e. The highest BCUT2D eigenvalue weighted by atomic mass is 35.5. The van der Waals surface area contributed by atoms with Gasteiger partial charge in [-0.3, -0.25) is 0 Å². The Kier molecular flexibility index (Phi) is 4.18. The van der Waals surface area contributed by atoms with E-state index in [1.165, 1.54) is 19.4 Å². The van der Waals surface area contributed by atoms with Gasteiger partial charge in [0.2, 0.25) is 0 Å². The molecule has 1 unspecified atom stereocenters. The van der Waals surface area contributed by atoms with Gasteiger partial charge < -0.3 is 9.80 Å². The summed E-state index contributed by atoms with van der Waals surface area (Å²) in [5.74, 6) is 1.35. The lowest BCUT2D eigenvalue weighted by Crippen LogP contribution is -2.45. The normalized spacial score (nSPS) is 21.5. The summed E-state index contributed by atoms with van der Waals surface area (Å²) in [5, 5.41) is 8.32. The lowest BCUT2D eigenvalue weighted by atomic mass is 10.1. The van der Waals surface area contributed by atoms with Crippen LogP contribution in [0.25, 0.3) is 0 Å². The zero-order valence-corrected chi connectivity index (χ0v) is 11.2. The standard InChI is InChI=1S/C12H19ClN4/c1-16-7-3-4-11(9-16)17(2)12-6-5-10(8-13)14-15-12/h5-6,11H,3-4,7-9H2,1-2H3. The largest absolute Gasteiger partial charge is 0.354 e. The first kappa shape index (κ1) is 12.6. The number of alkyl halides is 1. The molecule has 1 aliphatic rings. The Labute approximate surface area is 108 Å². The lowest BCUT2D eigenvalue weighted by Gasteiger charge is -2.36. The molecule has 0 saturated carbocycles. The summed E-state index contributed by atoms with van der Waals surface area (Å²) < 4.78 is 0. The number of likely N-dealkylation sites (tertiary alicyclic amines) is 1. The topological polar surface area (TPSA) is 32.3 Å². The van der Waals surface area contributed by atoms with E-state index in [4.69, 9.17) is 11.6 Å². The van der Waals surface area contributed by atoms with E-state index >= 15 is 0 Å². The van der Waals surface area contributed by atoms with Crippen molar-refractivity contribution in [2.45, 2.75) is 24.8 Å². The third-order valence-corrected chi connectivity index (χ3v) is 3.63. The molecule has 1 aliphatic heterocycles. The second-order valence-corrected chi connectivity index (χ2v) is 4.95. The van der Waals surface area contributed by atoms with Crippen molar-refractivity contribution in [1.82, 2.24) is 15.1 Å². The summed E-state index contributed by atoms with van der Waals surface area (Å²) in [6, 6.07) is 4.47. The fourth-order valence-electron chi connectivity index (χ4n) is 2.25. The summed E-state index contributed by atoms with van der Waals surface area (Å²) in [7, 11) is 4.26. The highest BCUT2D eigenvalue weighted by Gasteiger charge is 2.22. The molecule has 4 nitrogen and oxygen atoms in total. The van der Waals surface area contributed by atoms with Crippen LogP contribution >= 0.6 is 11.6 Å². The van der Waals surface area contributed by atoms with Crippen LogP contribution in [0.2, 0.25) is 0 Å². The van der Waals surface area contributed by atoms with E-state index in [0.717, 1.165) is 18.1 Å². The molecule has 0 spiro atoms. The SMILES string of the molecule is CN1CCCC(N(C)c2ccc(CCl)nn2)C1. The smallest absolute Gasteiger partial charge is 0.151 e. The Balaban J connectivity index is 2.04. The molecule has 94 valence electrons. The van der Waals surface area contributed by atoms with Gasteiger partial charge >= 0.3 is 0 Å². The number of anilines is 1.